The van der Waals surface area contributed by atoms with Crippen molar-refractivity contribution in [3.05, 3.63) is 40.8 Å². The van der Waals surface area contributed by atoms with Crippen molar-refractivity contribution in [2.24, 2.45) is 0 Å². The fraction of sp³-hybridized carbons (Fsp3) is 0.273. The van der Waals surface area contributed by atoms with Gasteiger partial charge in [-0.3, -0.25) is 0 Å². The second-order valence-electron chi connectivity index (χ2n) is 3.85. The van der Waals surface area contributed by atoms with Crippen LogP contribution in [-0.4, -0.2) is 21.8 Å². The molecule has 0 aliphatic rings. The monoisotopic (exact) mass is 290 g/mol. The Bertz CT molecular complexity index is 580. The van der Waals surface area contributed by atoms with Gasteiger partial charge in [-0.2, -0.15) is 18.3 Å². The zero-order valence-corrected chi connectivity index (χ0v) is 10.6. The Labute approximate surface area is 112 Å². The van der Waals surface area contributed by atoms with Gasteiger partial charge in [0.1, 0.15) is 0 Å². The maximum atomic E-state index is 12.5. The average Bonchev–Trinajstić information content (AvgIpc) is 2.76. The summed E-state index contributed by atoms with van der Waals surface area (Å²) in [4.78, 5) is 3.72. The Kier molecular flexibility index (Phi) is 3.77. The largest absolute Gasteiger partial charge is 0.417 e. The molecule has 0 saturated heterocycles. The molecule has 0 radical (unpaired) electrons. The summed E-state index contributed by atoms with van der Waals surface area (Å²) < 4.78 is 38.8. The molecule has 2 rings (SSSR count). The van der Waals surface area contributed by atoms with Gasteiger partial charge in [0, 0.05) is 24.5 Å². The Hall–Kier alpha value is -1.60. The van der Waals surface area contributed by atoms with Crippen LogP contribution in [0.15, 0.2) is 24.7 Å². The molecule has 0 amide bonds. The molecular formula is C11H10ClF3N4. The van der Waals surface area contributed by atoms with Crippen LogP contribution in [0.3, 0.4) is 0 Å². The maximum absolute atomic E-state index is 12.5. The minimum atomic E-state index is -4.46. The molecule has 0 saturated carbocycles. The number of hydrogen-bond donors (Lipinski definition) is 1. The van der Waals surface area contributed by atoms with Gasteiger partial charge < -0.3 is 5.32 Å². The van der Waals surface area contributed by atoms with E-state index >= 15 is 0 Å². The molecule has 0 atom stereocenters. The molecule has 19 heavy (non-hydrogen) atoms. The summed E-state index contributed by atoms with van der Waals surface area (Å²) in [5.74, 6) is 0.164. The third-order valence-corrected chi connectivity index (χ3v) is 2.66. The molecule has 1 N–H and O–H groups in total. The molecule has 2 heterocycles. The lowest BCUT2D eigenvalue weighted by Crippen LogP contribution is -2.08. The number of nitrogens with one attached hydrogen (secondary N) is 1. The number of nitrogens with zero attached hydrogens (tertiary/aromatic N) is 3. The summed E-state index contributed by atoms with van der Waals surface area (Å²) in [5, 5.41) is 6.84. The molecular weight excluding hydrogens is 281 g/mol. The third-order valence-electron chi connectivity index (χ3n) is 2.38. The normalized spacial score (nSPS) is 11.8. The van der Waals surface area contributed by atoms with E-state index in [1.54, 1.807) is 19.4 Å². The minimum absolute atomic E-state index is 0.103. The Balaban J connectivity index is 2.35. The van der Waals surface area contributed by atoms with Gasteiger partial charge in [-0.15, -0.1) is 0 Å². The number of alkyl halides is 3. The van der Waals surface area contributed by atoms with Gasteiger partial charge in [0.2, 0.25) is 0 Å². The van der Waals surface area contributed by atoms with Crippen LogP contribution in [0.1, 0.15) is 11.1 Å². The van der Waals surface area contributed by atoms with E-state index in [4.69, 9.17) is 11.6 Å². The fourth-order valence-corrected chi connectivity index (χ4v) is 1.78. The molecule has 4 nitrogen and oxygen atoms in total. The van der Waals surface area contributed by atoms with Crippen LogP contribution in [0.2, 0.25) is 5.02 Å². The van der Waals surface area contributed by atoms with Crippen LogP contribution in [0.5, 0.6) is 0 Å². The molecule has 2 aromatic heterocycles. The van der Waals surface area contributed by atoms with E-state index in [1.165, 1.54) is 4.68 Å². The van der Waals surface area contributed by atoms with Gasteiger partial charge in [-0.25, -0.2) is 9.67 Å². The van der Waals surface area contributed by atoms with Gasteiger partial charge >= 0.3 is 6.18 Å². The summed E-state index contributed by atoms with van der Waals surface area (Å²) in [7, 11) is 1.78. The van der Waals surface area contributed by atoms with Crippen LogP contribution < -0.4 is 5.32 Å². The van der Waals surface area contributed by atoms with E-state index in [-0.39, 0.29) is 10.8 Å². The van der Waals surface area contributed by atoms with Crippen molar-refractivity contribution in [3.63, 3.8) is 0 Å². The molecule has 102 valence electrons. The molecule has 0 bridgehead atoms. The van der Waals surface area contributed by atoms with Crippen molar-refractivity contribution in [2.75, 3.05) is 7.05 Å². The van der Waals surface area contributed by atoms with Crippen LogP contribution in [0, 0.1) is 0 Å². The van der Waals surface area contributed by atoms with Crippen LogP contribution in [0.4, 0.5) is 13.2 Å². The van der Waals surface area contributed by atoms with Crippen molar-refractivity contribution >= 4 is 11.6 Å². The highest BCUT2D eigenvalue weighted by Gasteiger charge is 2.31. The smallest absolute Gasteiger partial charge is 0.316 e. The summed E-state index contributed by atoms with van der Waals surface area (Å²) in [6, 6.07) is 0.837. The highest BCUT2D eigenvalue weighted by atomic mass is 35.5. The molecule has 0 unspecified atom stereocenters. The van der Waals surface area contributed by atoms with Gasteiger partial charge in [0.15, 0.2) is 5.82 Å². The third kappa shape index (κ3) is 3.05. The van der Waals surface area contributed by atoms with Crippen LogP contribution in [0.25, 0.3) is 5.82 Å². The second kappa shape index (κ2) is 5.18. The van der Waals surface area contributed by atoms with E-state index in [9.17, 15) is 13.2 Å². The number of pyridine rings is 1. The minimum Gasteiger partial charge on any atom is -0.316 e. The predicted octanol–water partition coefficient (Wildman–Crippen LogP) is 2.66. The average molecular weight is 291 g/mol. The summed E-state index contributed by atoms with van der Waals surface area (Å²) >= 11 is 5.82. The highest BCUT2D eigenvalue weighted by Crippen LogP contribution is 2.31. The number of halogens is 4. The molecule has 0 aliphatic heterocycles. The van der Waals surface area contributed by atoms with E-state index < -0.39 is 11.7 Å². The lowest BCUT2D eigenvalue weighted by Gasteiger charge is -2.08. The van der Waals surface area contributed by atoms with E-state index in [0.29, 0.717) is 6.54 Å². The fourth-order valence-electron chi connectivity index (χ4n) is 1.53. The quantitative estimate of drug-likeness (QED) is 0.945. The zero-order chi connectivity index (χ0) is 14.0. The highest BCUT2D eigenvalue weighted by molar-refractivity contribution is 6.32. The standard InChI is InChI=1S/C11H10ClF3N4/c1-16-3-7-4-18-19(6-7)10-9(12)2-8(5-17-10)11(13,14)15/h2,4-6,16H,3H2,1H3. The summed E-state index contributed by atoms with van der Waals surface area (Å²) in [6.07, 6.45) is -0.485. The SMILES string of the molecule is CNCc1cnn(-c2ncc(C(F)(F)F)cc2Cl)c1. The van der Waals surface area contributed by atoms with Gasteiger partial charge in [-0.05, 0) is 13.1 Å². The Morgan fingerprint density at radius 2 is 2.11 bits per heavy atom. The molecule has 0 spiro atoms. The molecule has 8 heteroatoms. The molecule has 2 aromatic rings. The predicted molar refractivity (Wildman–Crippen MR) is 64.1 cm³/mol. The Morgan fingerprint density at radius 3 is 2.68 bits per heavy atom. The first kappa shape index (κ1) is 13.8. The number of rotatable bonds is 3. The molecule has 0 aliphatic carbocycles. The van der Waals surface area contributed by atoms with E-state index in [0.717, 1.165) is 17.8 Å². The van der Waals surface area contributed by atoms with Gasteiger partial charge in [0.05, 0.1) is 16.8 Å². The Morgan fingerprint density at radius 1 is 1.37 bits per heavy atom. The van der Waals surface area contributed by atoms with Gasteiger partial charge in [0.25, 0.3) is 0 Å². The lowest BCUT2D eigenvalue weighted by atomic mass is 10.3. The second-order valence-corrected chi connectivity index (χ2v) is 4.26. The lowest BCUT2D eigenvalue weighted by molar-refractivity contribution is -0.137. The van der Waals surface area contributed by atoms with Crippen LogP contribution in [-0.2, 0) is 12.7 Å². The van der Waals surface area contributed by atoms with Crippen LogP contribution >= 0.6 is 11.6 Å². The van der Waals surface area contributed by atoms with Crippen molar-refractivity contribution in [3.8, 4) is 5.82 Å². The van der Waals surface area contributed by atoms with E-state index in [2.05, 4.69) is 15.4 Å². The van der Waals surface area contributed by atoms with Crippen molar-refractivity contribution < 1.29 is 13.2 Å². The maximum Gasteiger partial charge on any atom is 0.417 e. The topological polar surface area (TPSA) is 42.7 Å². The first-order chi connectivity index (χ1) is 8.91. The van der Waals surface area contributed by atoms with Crippen molar-refractivity contribution in [1.82, 2.24) is 20.1 Å². The zero-order valence-electron chi connectivity index (χ0n) is 9.87. The van der Waals surface area contributed by atoms with E-state index in [1.807, 2.05) is 0 Å². The van der Waals surface area contributed by atoms with Crippen molar-refractivity contribution in [2.45, 2.75) is 12.7 Å². The first-order valence-electron chi connectivity index (χ1n) is 5.33. The summed E-state index contributed by atoms with van der Waals surface area (Å²) in [5.41, 5.74) is -0.0101. The van der Waals surface area contributed by atoms with Gasteiger partial charge in [-0.1, -0.05) is 11.6 Å². The number of aromatic nitrogens is 3. The molecule has 0 fully saturated rings. The molecule has 0 aromatic carbocycles. The first-order valence-corrected chi connectivity index (χ1v) is 5.71. The number of hydrogen-bond acceptors (Lipinski definition) is 3. The van der Waals surface area contributed by atoms with Crippen molar-refractivity contribution in [1.29, 1.82) is 0 Å². The summed E-state index contributed by atoms with van der Waals surface area (Å²) in [6.45, 7) is 0.595.